The number of nitrogens with zero attached hydrogens (tertiary/aromatic N) is 2. The largest absolute Gasteiger partial charge is 0.300 e. The van der Waals surface area contributed by atoms with E-state index in [1.165, 1.54) is 25.9 Å². The highest BCUT2D eigenvalue weighted by Gasteiger charge is 2.37. The third-order valence-electron chi connectivity index (χ3n) is 5.82. The molecule has 2 nitrogen and oxygen atoms in total. The zero-order valence-electron chi connectivity index (χ0n) is 15.7. The van der Waals surface area contributed by atoms with Crippen LogP contribution in [0, 0.1) is 17.3 Å². The number of halogens is 1. The van der Waals surface area contributed by atoms with E-state index < -0.39 is 6.17 Å². The third kappa shape index (κ3) is 4.67. The Morgan fingerprint density at radius 3 is 1.95 bits per heavy atom. The summed E-state index contributed by atoms with van der Waals surface area (Å²) in [6, 6.07) is 0. The molecule has 0 aromatic rings. The number of hydrogen-bond donors (Lipinski definition) is 0. The summed E-state index contributed by atoms with van der Waals surface area (Å²) in [6.45, 7) is 18.7. The van der Waals surface area contributed by atoms with Crippen LogP contribution in [0.15, 0.2) is 0 Å². The highest BCUT2D eigenvalue weighted by atomic mass is 19.1. The molecule has 0 bridgehead atoms. The average Bonchev–Trinajstić information content (AvgIpc) is 2.36. The van der Waals surface area contributed by atoms with Crippen LogP contribution in [-0.4, -0.2) is 54.2 Å². The monoisotopic (exact) mass is 312 g/mol. The summed E-state index contributed by atoms with van der Waals surface area (Å²) in [7, 11) is 0. The van der Waals surface area contributed by atoms with Crippen molar-refractivity contribution in [2.24, 2.45) is 17.3 Å². The standard InChI is InChI=1S/C19H37FN2/c1-18(2,3)16-9-10-21(14-17(16)20)13-15-7-11-22(12-8-15)19(4,5)6/h15-17H,7-14H2,1-6H3. The quantitative estimate of drug-likeness (QED) is 0.754. The van der Waals surface area contributed by atoms with Gasteiger partial charge in [-0.2, -0.15) is 0 Å². The minimum atomic E-state index is -0.650. The van der Waals surface area contributed by atoms with Crippen molar-refractivity contribution >= 4 is 0 Å². The zero-order chi connectivity index (χ0) is 16.5. The molecule has 0 aromatic carbocycles. The normalized spacial score (nSPS) is 30.7. The van der Waals surface area contributed by atoms with E-state index in [2.05, 4.69) is 51.3 Å². The molecule has 0 amide bonds. The van der Waals surface area contributed by atoms with E-state index in [4.69, 9.17) is 0 Å². The van der Waals surface area contributed by atoms with Gasteiger partial charge in [0.1, 0.15) is 6.17 Å². The van der Waals surface area contributed by atoms with Crippen molar-refractivity contribution < 1.29 is 4.39 Å². The molecular formula is C19H37FN2. The van der Waals surface area contributed by atoms with Crippen molar-refractivity contribution in [3.63, 3.8) is 0 Å². The highest BCUT2D eigenvalue weighted by Crippen LogP contribution is 2.36. The smallest absolute Gasteiger partial charge is 0.116 e. The minimum Gasteiger partial charge on any atom is -0.300 e. The average molecular weight is 313 g/mol. The molecule has 22 heavy (non-hydrogen) atoms. The van der Waals surface area contributed by atoms with E-state index in [1.54, 1.807) is 0 Å². The number of alkyl halides is 1. The lowest BCUT2D eigenvalue weighted by Crippen LogP contribution is -2.50. The van der Waals surface area contributed by atoms with Crippen LogP contribution < -0.4 is 0 Å². The molecule has 0 radical (unpaired) electrons. The zero-order valence-corrected chi connectivity index (χ0v) is 15.7. The molecule has 2 heterocycles. The van der Waals surface area contributed by atoms with Gasteiger partial charge >= 0.3 is 0 Å². The molecular weight excluding hydrogens is 275 g/mol. The van der Waals surface area contributed by atoms with Crippen molar-refractivity contribution in [3.05, 3.63) is 0 Å². The number of likely N-dealkylation sites (tertiary alicyclic amines) is 2. The molecule has 0 aliphatic carbocycles. The van der Waals surface area contributed by atoms with Gasteiger partial charge in [-0.3, -0.25) is 4.90 Å². The molecule has 0 saturated carbocycles. The number of piperidine rings is 2. The molecule has 2 aliphatic rings. The summed E-state index contributed by atoms with van der Waals surface area (Å²) in [5.74, 6) is 0.989. The fourth-order valence-electron chi connectivity index (χ4n) is 4.26. The molecule has 0 aromatic heterocycles. The van der Waals surface area contributed by atoms with E-state index >= 15 is 0 Å². The lowest BCUT2D eigenvalue weighted by molar-refractivity contribution is 0.0111. The van der Waals surface area contributed by atoms with E-state index in [0.717, 1.165) is 25.4 Å². The first-order chi connectivity index (χ1) is 10.1. The van der Waals surface area contributed by atoms with E-state index in [0.29, 0.717) is 12.1 Å². The maximum atomic E-state index is 14.5. The van der Waals surface area contributed by atoms with Gasteiger partial charge in [-0.15, -0.1) is 0 Å². The van der Waals surface area contributed by atoms with E-state index in [9.17, 15) is 4.39 Å². The van der Waals surface area contributed by atoms with Crippen LogP contribution in [0.2, 0.25) is 0 Å². The summed E-state index contributed by atoms with van der Waals surface area (Å²) in [4.78, 5) is 4.98. The van der Waals surface area contributed by atoms with Gasteiger partial charge in [0.05, 0.1) is 0 Å². The van der Waals surface area contributed by atoms with Crippen LogP contribution in [0.4, 0.5) is 4.39 Å². The molecule has 2 fully saturated rings. The summed E-state index contributed by atoms with van der Waals surface area (Å²) in [5, 5.41) is 0. The second-order valence-corrected chi connectivity index (χ2v) is 9.64. The molecule has 0 spiro atoms. The lowest BCUT2D eigenvalue weighted by Gasteiger charge is -2.44. The van der Waals surface area contributed by atoms with Crippen molar-refractivity contribution in [1.29, 1.82) is 0 Å². The van der Waals surface area contributed by atoms with Gasteiger partial charge in [0.25, 0.3) is 0 Å². The van der Waals surface area contributed by atoms with Crippen molar-refractivity contribution in [2.45, 2.75) is 72.5 Å². The van der Waals surface area contributed by atoms with Gasteiger partial charge in [0.15, 0.2) is 0 Å². The Balaban J connectivity index is 1.77. The van der Waals surface area contributed by atoms with Crippen molar-refractivity contribution in [1.82, 2.24) is 9.80 Å². The second-order valence-electron chi connectivity index (χ2n) is 9.64. The minimum absolute atomic E-state index is 0.101. The van der Waals surface area contributed by atoms with Crippen LogP contribution in [0.25, 0.3) is 0 Å². The number of hydrogen-bond acceptors (Lipinski definition) is 2. The summed E-state index contributed by atoms with van der Waals surface area (Å²) >= 11 is 0. The molecule has 2 rings (SSSR count). The lowest BCUT2D eigenvalue weighted by atomic mass is 9.74. The Kier molecular flexibility index (Phi) is 5.59. The van der Waals surface area contributed by atoms with Crippen LogP contribution in [0.5, 0.6) is 0 Å². The molecule has 2 unspecified atom stereocenters. The Bertz CT molecular complexity index is 347. The number of rotatable bonds is 2. The second kappa shape index (κ2) is 6.76. The summed E-state index contributed by atoms with van der Waals surface area (Å²) < 4.78 is 14.5. The third-order valence-corrected chi connectivity index (χ3v) is 5.82. The Morgan fingerprint density at radius 2 is 1.50 bits per heavy atom. The van der Waals surface area contributed by atoms with Gasteiger partial charge in [-0.25, -0.2) is 4.39 Å². The fourth-order valence-corrected chi connectivity index (χ4v) is 4.26. The van der Waals surface area contributed by atoms with Crippen LogP contribution >= 0.6 is 0 Å². The van der Waals surface area contributed by atoms with Gasteiger partial charge in [0.2, 0.25) is 0 Å². The summed E-state index contributed by atoms with van der Waals surface area (Å²) in [6.07, 6.45) is 2.91. The first kappa shape index (κ1) is 18.2. The van der Waals surface area contributed by atoms with Gasteiger partial charge in [0, 0.05) is 18.6 Å². The first-order valence-corrected chi connectivity index (χ1v) is 9.19. The Labute approximate surface area is 137 Å². The maximum absolute atomic E-state index is 14.5. The van der Waals surface area contributed by atoms with E-state index in [1.807, 2.05) is 0 Å². The van der Waals surface area contributed by atoms with E-state index in [-0.39, 0.29) is 11.3 Å². The van der Waals surface area contributed by atoms with Gasteiger partial charge < -0.3 is 4.90 Å². The highest BCUT2D eigenvalue weighted by molar-refractivity contribution is 4.89. The molecule has 130 valence electrons. The van der Waals surface area contributed by atoms with Gasteiger partial charge in [-0.1, -0.05) is 20.8 Å². The summed E-state index contributed by atoms with van der Waals surface area (Å²) in [5.41, 5.74) is 0.392. The first-order valence-electron chi connectivity index (χ1n) is 9.19. The van der Waals surface area contributed by atoms with Gasteiger partial charge in [-0.05, 0) is 76.9 Å². The van der Waals surface area contributed by atoms with Crippen molar-refractivity contribution in [2.75, 3.05) is 32.7 Å². The Hall–Kier alpha value is -0.150. The van der Waals surface area contributed by atoms with Crippen LogP contribution in [-0.2, 0) is 0 Å². The van der Waals surface area contributed by atoms with Crippen molar-refractivity contribution in [3.8, 4) is 0 Å². The fraction of sp³-hybridized carbons (Fsp3) is 1.00. The molecule has 2 aliphatic heterocycles. The predicted octanol–water partition coefficient (Wildman–Crippen LogP) is 4.20. The van der Waals surface area contributed by atoms with Crippen LogP contribution in [0.1, 0.15) is 60.8 Å². The molecule has 0 N–H and O–H groups in total. The Morgan fingerprint density at radius 1 is 0.909 bits per heavy atom. The SMILES string of the molecule is CC(C)(C)C1CCN(CC2CCN(C(C)(C)C)CC2)CC1F. The maximum Gasteiger partial charge on any atom is 0.116 e. The molecule has 2 atom stereocenters. The predicted molar refractivity (Wildman–Crippen MR) is 92.9 cm³/mol. The molecule has 3 heteroatoms. The molecule has 2 saturated heterocycles. The van der Waals surface area contributed by atoms with Crippen LogP contribution in [0.3, 0.4) is 0 Å². The topological polar surface area (TPSA) is 6.48 Å².